The number of rotatable bonds is 9. The lowest BCUT2D eigenvalue weighted by molar-refractivity contribution is 0.573. The van der Waals surface area contributed by atoms with Crippen molar-refractivity contribution in [3.8, 4) is 11.1 Å². The first-order valence-corrected chi connectivity index (χ1v) is 24.1. The summed E-state index contributed by atoms with van der Waals surface area (Å²) in [6, 6.07) is 61.5. The highest BCUT2D eigenvalue weighted by atomic mass is 15.2. The molecule has 7 aromatic rings. The van der Waals surface area contributed by atoms with Crippen molar-refractivity contribution in [1.29, 1.82) is 0 Å². The van der Waals surface area contributed by atoms with Crippen LogP contribution in [0.2, 0.25) is 0 Å². The lowest BCUT2D eigenvalue weighted by Gasteiger charge is -2.37. The first-order valence-electron chi connectivity index (χ1n) is 24.1. The van der Waals surface area contributed by atoms with Gasteiger partial charge in [-0.2, -0.15) is 0 Å². The van der Waals surface area contributed by atoms with Gasteiger partial charge in [0, 0.05) is 46.4 Å². The van der Waals surface area contributed by atoms with Gasteiger partial charge in [-0.05, 0) is 129 Å². The second-order valence-corrected chi connectivity index (χ2v) is 19.7. The second kappa shape index (κ2) is 16.4. The molecule has 2 nitrogen and oxygen atoms in total. The fourth-order valence-corrected chi connectivity index (χ4v) is 12.0. The Bertz CT molecular complexity index is 3190. The zero-order valence-corrected chi connectivity index (χ0v) is 38.1. The molecule has 66 heavy (non-hydrogen) atoms. The Morgan fingerprint density at radius 3 is 2.26 bits per heavy atom. The molecule has 0 aromatic heterocycles. The van der Waals surface area contributed by atoms with Crippen LogP contribution >= 0.6 is 0 Å². The van der Waals surface area contributed by atoms with Gasteiger partial charge in [0.25, 0.3) is 0 Å². The van der Waals surface area contributed by atoms with E-state index in [1.54, 1.807) is 0 Å². The Balaban J connectivity index is 0.951. The van der Waals surface area contributed by atoms with Gasteiger partial charge >= 0.3 is 0 Å². The van der Waals surface area contributed by atoms with E-state index in [2.05, 4.69) is 242 Å². The Kier molecular flexibility index (Phi) is 10.0. The minimum Gasteiger partial charge on any atom is -0.364 e. The molecular formula is C64H56N2. The number of fused-ring (bicyclic) bond motifs is 6. The predicted octanol–water partition coefficient (Wildman–Crippen LogP) is 15.5. The molecule has 0 fully saturated rings. The fraction of sp³-hybridized carbons (Fsp3) is 0.188. The largest absolute Gasteiger partial charge is 0.364 e. The van der Waals surface area contributed by atoms with Gasteiger partial charge in [-0.3, -0.25) is 0 Å². The Labute approximate surface area is 391 Å². The van der Waals surface area contributed by atoms with Gasteiger partial charge in [0.15, 0.2) is 0 Å². The summed E-state index contributed by atoms with van der Waals surface area (Å²) in [5.41, 5.74) is 18.8. The van der Waals surface area contributed by atoms with E-state index in [-0.39, 0.29) is 16.9 Å². The maximum absolute atomic E-state index is 2.75. The number of anilines is 3. The third-order valence-electron chi connectivity index (χ3n) is 15.3. The molecule has 0 saturated carbocycles. The van der Waals surface area contributed by atoms with E-state index in [4.69, 9.17) is 0 Å². The van der Waals surface area contributed by atoms with E-state index in [1.807, 2.05) is 0 Å². The molecule has 12 rings (SSSR count). The van der Waals surface area contributed by atoms with Gasteiger partial charge in [0.1, 0.15) is 0 Å². The Morgan fingerprint density at radius 2 is 1.41 bits per heavy atom. The molecule has 7 aromatic carbocycles. The van der Waals surface area contributed by atoms with Crippen LogP contribution in [0.1, 0.15) is 66.5 Å². The average Bonchev–Trinajstić information content (AvgIpc) is 3.80. The summed E-state index contributed by atoms with van der Waals surface area (Å²) in [5.74, 6) is 0.360. The van der Waals surface area contributed by atoms with Crippen molar-refractivity contribution in [3.05, 3.63) is 257 Å². The molecule has 322 valence electrons. The molecule has 0 saturated heterocycles. The van der Waals surface area contributed by atoms with Crippen molar-refractivity contribution < 1.29 is 0 Å². The average molecular weight is 853 g/mol. The number of benzene rings is 7. The lowest BCUT2D eigenvalue weighted by Crippen LogP contribution is -2.38. The normalized spacial score (nSPS) is 21.0. The van der Waals surface area contributed by atoms with E-state index < -0.39 is 0 Å². The molecule has 4 aliphatic carbocycles. The first kappa shape index (κ1) is 40.4. The van der Waals surface area contributed by atoms with Gasteiger partial charge in [-0.1, -0.05) is 202 Å². The molecule has 2 heteroatoms. The van der Waals surface area contributed by atoms with Crippen LogP contribution in [0.15, 0.2) is 224 Å². The van der Waals surface area contributed by atoms with Crippen molar-refractivity contribution in [2.24, 2.45) is 5.92 Å². The smallest absolute Gasteiger partial charge is 0.0517 e. The third kappa shape index (κ3) is 7.02. The van der Waals surface area contributed by atoms with Crippen LogP contribution in [0, 0.1) is 5.92 Å². The highest BCUT2D eigenvalue weighted by Gasteiger charge is 2.42. The quantitative estimate of drug-likeness (QED) is 0.143. The summed E-state index contributed by atoms with van der Waals surface area (Å²) in [6.07, 6.45) is 25.7. The molecular weight excluding hydrogens is 797 g/mol. The molecule has 0 N–H and O–H groups in total. The monoisotopic (exact) mass is 852 g/mol. The van der Waals surface area contributed by atoms with E-state index in [1.165, 1.54) is 89.1 Å². The number of nitrogens with zero attached hydrogens (tertiary/aromatic N) is 2. The molecule has 0 bridgehead atoms. The van der Waals surface area contributed by atoms with E-state index in [9.17, 15) is 0 Å². The van der Waals surface area contributed by atoms with Gasteiger partial charge in [0.05, 0.1) is 6.04 Å². The number of hydrogen-bond donors (Lipinski definition) is 0. The van der Waals surface area contributed by atoms with Crippen LogP contribution in [0.25, 0.3) is 33.0 Å². The molecule has 5 aliphatic rings. The van der Waals surface area contributed by atoms with E-state index >= 15 is 0 Å². The van der Waals surface area contributed by atoms with Crippen LogP contribution in [0.3, 0.4) is 0 Å². The zero-order valence-electron chi connectivity index (χ0n) is 38.1. The maximum atomic E-state index is 2.75. The van der Waals surface area contributed by atoms with Gasteiger partial charge < -0.3 is 9.80 Å². The molecule has 0 amide bonds. The van der Waals surface area contributed by atoms with Gasteiger partial charge in [-0.15, -0.1) is 0 Å². The van der Waals surface area contributed by atoms with Crippen molar-refractivity contribution in [3.63, 3.8) is 0 Å². The van der Waals surface area contributed by atoms with Crippen molar-refractivity contribution >= 4 is 39.0 Å². The van der Waals surface area contributed by atoms with Crippen molar-refractivity contribution in [1.82, 2.24) is 0 Å². The molecule has 1 heterocycles. The van der Waals surface area contributed by atoms with Crippen LogP contribution in [-0.2, 0) is 17.3 Å². The summed E-state index contributed by atoms with van der Waals surface area (Å²) in [5, 5.41) is 2.60. The fourth-order valence-electron chi connectivity index (χ4n) is 12.0. The molecule has 3 unspecified atom stereocenters. The highest BCUT2D eigenvalue weighted by Crippen LogP contribution is 2.53. The SMILES string of the molecule is CC1(C)C2=CCC(CN(c3ccc(-c4ccc5c(c4)C4(C=CC=CC4)CN5c4ccccc4)c4ccccc34)C3C=C(c4cccc(Cc5ccccc5)c4)C=CC3)C=C2c2ccccc21. The van der Waals surface area contributed by atoms with Crippen molar-refractivity contribution in [2.75, 3.05) is 22.9 Å². The number of para-hydroxylation sites is 1. The van der Waals surface area contributed by atoms with Gasteiger partial charge in [0.2, 0.25) is 0 Å². The summed E-state index contributed by atoms with van der Waals surface area (Å²) < 4.78 is 0. The highest BCUT2D eigenvalue weighted by molar-refractivity contribution is 6.04. The summed E-state index contributed by atoms with van der Waals surface area (Å²) >= 11 is 0. The van der Waals surface area contributed by atoms with Crippen LogP contribution in [-0.4, -0.2) is 19.1 Å². The molecule has 3 atom stereocenters. The van der Waals surface area contributed by atoms with E-state index in [0.717, 1.165) is 38.8 Å². The minimum atomic E-state index is -0.0695. The predicted molar refractivity (Wildman–Crippen MR) is 280 cm³/mol. The van der Waals surface area contributed by atoms with E-state index in [0.29, 0.717) is 5.92 Å². The number of hydrogen-bond acceptors (Lipinski definition) is 2. The number of allylic oxidation sites excluding steroid dienone is 8. The Hall–Kier alpha value is -7.16. The van der Waals surface area contributed by atoms with Crippen LogP contribution < -0.4 is 9.80 Å². The Morgan fingerprint density at radius 1 is 0.621 bits per heavy atom. The lowest BCUT2D eigenvalue weighted by atomic mass is 9.76. The second-order valence-electron chi connectivity index (χ2n) is 19.7. The molecule has 1 spiro atoms. The molecule has 1 aliphatic heterocycles. The summed E-state index contributed by atoms with van der Waals surface area (Å²) in [4.78, 5) is 5.27. The first-order chi connectivity index (χ1) is 32.4. The topological polar surface area (TPSA) is 6.48 Å². The van der Waals surface area contributed by atoms with Crippen LogP contribution in [0.4, 0.5) is 17.1 Å². The van der Waals surface area contributed by atoms with Crippen LogP contribution in [0.5, 0.6) is 0 Å². The summed E-state index contributed by atoms with van der Waals surface area (Å²) in [7, 11) is 0. The zero-order chi connectivity index (χ0) is 44.2. The maximum Gasteiger partial charge on any atom is 0.0517 e. The summed E-state index contributed by atoms with van der Waals surface area (Å²) in [6.45, 7) is 6.66. The molecule has 0 radical (unpaired) electrons. The van der Waals surface area contributed by atoms with Gasteiger partial charge in [-0.25, -0.2) is 0 Å². The standard InChI is InChI=1S/C64H56N2/c1-63(2)58-29-13-12-27-55(58)57-40-47(30-33-59(57)63)43-65(52-25-17-22-49(41-52)48-21-16-20-46(39-48)38-45-18-6-3-7-19-45)61-35-32-53(54-26-10-11-28-56(54)61)50-31-34-62-60(42-50)64(36-14-5-15-37-64)44-66(62)51-23-8-4-9-24-51/h3-24,26-29,31-36,39-42,47,52H,25,30,37-38,43-44H2,1-2H3. The minimum absolute atomic E-state index is 0.0149. The third-order valence-corrected chi connectivity index (χ3v) is 15.3. The van der Waals surface area contributed by atoms with Crippen molar-refractivity contribution in [2.45, 2.75) is 56.4 Å².